The van der Waals surface area contributed by atoms with Crippen molar-refractivity contribution in [2.24, 2.45) is 17.8 Å². The van der Waals surface area contributed by atoms with Crippen molar-refractivity contribution in [1.82, 2.24) is 9.97 Å². The van der Waals surface area contributed by atoms with Gasteiger partial charge < -0.3 is 11.1 Å². The van der Waals surface area contributed by atoms with E-state index < -0.39 is 0 Å². The normalized spacial score (nSPS) is 28.9. The van der Waals surface area contributed by atoms with E-state index >= 15 is 0 Å². The number of hydrogen-bond acceptors (Lipinski definition) is 4. The lowest BCUT2D eigenvalue weighted by molar-refractivity contribution is 0.304. The third kappa shape index (κ3) is 2.23. The lowest BCUT2D eigenvalue weighted by atomic mass is 9.84. The number of nitrogens with two attached hydrogens (primary N) is 1. The average molecular weight is 282 g/mol. The Bertz CT molecular complexity index is 669. The van der Waals surface area contributed by atoms with E-state index in [0.29, 0.717) is 6.04 Å². The molecule has 21 heavy (non-hydrogen) atoms. The molecule has 110 valence electrons. The highest BCUT2D eigenvalue weighted by Crippen LogP contribution is 2.49. The van der Waals surface area contributed by atoms with Gasteiger partial charge in [-0.2, -0.15) is 0 Å². The second-order valence-corrected chi connectivity index (χ2v) is 6.77. The monoisotopic (exact) mass is 282 g/mol. The Labute approximate surface area is 125 Å². The van der Waals surface area contributed by atoms with Crippen molar-refractivity contribution in [2.75, 3.05) is 11.1 Å². The van der Waals surface area contributed by atoms with Gasteiger partial charge in [-0.05, 0) is 62.1 Å². The van der Waals surface area contributed by atoms with Gasteiger partial charge in [0.1, 0.15) is 12.1 Å². The number of nitrogens with zero attached hydrogens (tertiary/aromatic N) is 2. The second-order valence-electron chi connectivity index (χ2n) is 6.77. The van der Waals surface area contributed by atoms with Gasteiger partial charge in [0.2, 0.25) is 0 Å². The highest BCUT2D eigenvalue weighted by Gasteiger charge is 2.41. The fourth-order valence-corrected chi connectivity index (χ4v) is 4.42. The zero-order valence-corrected chi connectivity index (χ0v) is 12.4. The Morgan fingerprint density at radius 1 is 1.24 bits per heavy atom. The first-order valence-electron chi connectivity index (χ1n) is 7.97. The van der Waals surface area contributed by atoms with Crippen LogP contribution in [0.4, 0.5) is 11.5 Å². The summed E-state index contributed by atoms with van der Waals surface area (Å²) in [5.41, 5.74) is 7.62. The van der Waals surface area contributed by atoms with Gasteiger partial charge in [-0.3, -0.25) is 0 Å². The molecule has 4 heteroatoms. The van der Waals surface area contributed by atoms with Gasteiger partial charge in [0.05, 0.1) is 5.52 Å². The fourth-order valence-electron chi connectivity index (χ4n) is 4.42. The summed E-state index contributed by atoms with van der Waals surface area (Å²) in [5, 5.41) is 4.65. The topological polar surface area (TPSA) is 63.8 Å². The molecule has 2 aliphatic carbocycles. The number of nitrogens with one attached hydrogen (secondary N) is 1. The molecule has 2 aliphatic rings. The number of aromatic nitrogens is 2. The molecule has 2 fully saturated rings. The van der Waals surface area contributed by atoms with Crippen LogP contribution >= 0.6 is 0 Å². The molecule has 0 spiro atoms. The molecule has 4 rings (SSSR count). The van der Waals surface area contributed by atoms with Gasteiger partial charge in [-0.1, -0.05) is 6.42 Å². The maximum atomic E-state index is 5.91. The third-order valence-electron chi connectivity index (χ3n) is 5.46. The van der Waals surface area contributed by atoms with E-state index in [2.05, 4.69) is 22.2 Å². The second kappa shape index (κ2) is 4.86. The van der Waals surface area contributed by atoms with Crippen molar-refractivity contribution in [1.29, 1.82) is 0 Å². The van der Waals surface area contributed by atoms with Crippen LogP contribution in [0.25, 0.3) is 10.9 Å². The number of hydrogen-bond donors (Lipinski definition) is 2. The number of benzene rings is 1. The maximum absolute atomic E-state index is 5.91. The van der Waals surface area contributed by atoms with Crippen molar-refractivity contribution in [3.8, 4) is 0 Å². The van der Waals surface area contributed by atoms with Gasteiger partial charge in [0.15, 0.2) is 0 Å². The molecular weight excluding hydrogens is 260 g/mol. The highest BCUT2D eigenvalue weighted by molar-refractivity contribution is 5.91. The zero-order valence-electron chi connectivity index (χ0n) is 12.4. The minimum absolute atomic E-state index is 0.458. The van der Waals surface area contributed by atoms with Gasteiger partial charge in [-0.15, -0.1) is 0 Å². The molecule has 4 atom stereocenters. The SMILES string of the molecule is CC(Nc1ncnc2ccc(N)cc12)C1CC2CCC1C2. The Hall–Kier alpha value is -1.84. The van der Waals surface area contributed by atoms with Crippen LogP contribution in [0.5, 0.6) is 0 Å². The third-order valence-corrected chi connectivity index (χ3v) is 5.46. The Kier molecular flexibility index (Phi) is 2.98. The summed E-state index contributed by atoms with van der Waals surface area (Å²) in [6.45, 7) is 2.30. The van der Waals surface area contributed by atoms with Crippen LogP contribution in [0.15, 0.2) is 24.5 Å². The van der Waals surface area contributed by atoms with Crippen LogP contribution in [0.1, 0.15) is 32.6 Å². The van der Waals surface area contributed by atoms with Gasteiger partial charge in [-0.25, -0.2) is 9.97 Å². The van der Waals surface area contributed by atoms with Crippen molar-refractivity contribution in [2.45, 2.75) is 38.6 Å². The molecule has 1 aromatic heterocycles. The molecule has 0 aliphatic heterocycles. The van der Waals surface area contributed by atoms with E-state index in [1.807, 2.05) is 18.2 Å². The summed E-state index contributed by atoms with van der Waals surface area (Å²) in [6, 6.07) is 6.27. The molecule has 2 bridgehead atoms. The Balaban J connectivity index is 1.60. The van der Waals surface area contributed by atoms with E-state index in [1.54, 1.807) is 6.33 Å². The molecule has 3 N–H and O–H groups in total. The first-order valence-corrected chi connectivity index (χ1v) is 7.97. The van der Waals surface area contributed by atoms with E-state index in [4.69, 9.17) is 5.73 Å². The number of anilines is 2. The molecule has 1 heterocycles. The molecule has 0 saturated heterocycles. The van der Waals surface area contributed by atoms with Crippen LogP contribution in [-0.2, 0) is 0 Å². The fraction of sp³-hybridized carbons (Fsp3) is 0.529. The predicted molar refractivity (Wildman–Crippen MR) is 86.0 cm³/mol. The van der Waals surface area contributed by atoms with Crippen LogP contribution in [0.2, 0.25) is 0 Å². The van der Waals surface area contributed by atoms with Gasteiger partial charge in [0.25, 0.3) is 0 Å². The molecule has 0 amide bonds. The van der Waals surface area contributed by atoms with E-state index in [1.165, 1.54) is 25.7 Å². The molecule has 4 unspecified atom stereocenters. The molecular formula is C17H22N4. The summed E-state index contributed by atoms with van der Waals surface area (Å²) in [4.78, 5) is 8.76. The van der Waals surface area contributed by atoms with Crippen LogP contribution < -0.4 is 11.1 Å². The largest absolute Gasteiger partial charge is 0.399 e. The summed E-state index contributed by atoms with van der Waals surface area (Å²) < 4.78 is 0. The molecule has 2 saturated carbocycles. The molecule has 4 nitrogen and oxygen atoms in total. The van der Waals surface area contributed by atoms with E-state index in [9.17, 15) is 0 Å². The number of rotatable bonds is 3. The summed E-state index contributed by atoms with van der Waals surface area (Å²) in [5.74, 6) is 3.59. The quantitative estimate of drug-likeness (QED) is 0.846. The highest BCUT2D eigenvalue weighted by atomic mass is 15.0. The summed E-state index contributed by atoms with van der Waals surface area (Å²) >= 11 is 0. The molecule has 2 aromatic rings. The van der Waals surface area contributed by atoms with Gasteiger partial charge in [0, 0.05) is 17.1 Å². The minimum Gasteiger partial charge on any atom is -0.399 e. The molecule has 1 aromatic carbocycles. The van der Waals surface area contributed by atoms with E-state index in [0.717, 1.165) is 40.2 Å². The van der Waals surface area contributed by atoms with Crippen molar-refractivity contribution in [3.05, 3.63) is 24.5 Å². The minimum atomic E-state index is 0.458. The smallest absolute Gasteiger partial charge is 0.137 e. The Morgan fingerprint density at radius 2 is 2.14 bits per heavy atom. The lowest BCUT2D eigenvalue weighted by Gasteiger charge is -2.29. The van der Waals surface area contributed by atoms with E-state index in [-0.39, 0.29) is 0 Å². The van der Waals surface area contributed by atoms with Crippen LogP contribution in [-0.4, -0.2) is 16.0 Å². The molecule has 0 radical (unpaired) electrons. The predicted octanol–water partition coefficient (Wildman–Crippen LogP) is 3.45. The maximum Gasteiger partial charge on any atom is 0.137 e. The van der Waals surface area contributed by atoms with Crippen LogP contribution in [0.3, 0.4) is 0 Å². The van der Waals surface area contributed by atoms with Crippen molar-refractivity contribution < 1.29 is 0 Å². The summed E-state index contributed by atoms with van der Waals surface area (Å²) in [7, 11) is 0. The van der Waals surface area contributed by atoms with Crippen LogP contribution in [0, 0.1) is 17.8 Å². The van der Waals surface area contributed by atoms with Gasteiger partial charge >= 0.3 is 0 Å². The number of fused-ring (bicyclic) bond motifs is 3. The number of nitrogen functional groups attached to an aromatic ring is 1. The lowest BCUT2D eigenvalue weighted by Crippen LogP contribution is -2.30. The average Bonchev–Trinajstić information content (AvgIpc) is 3.10. The van der Waals surface area contributed by atoms with Crippen molar-refractivity contribution >= 4 is 22.4 Å². The Morgan fingerprint density at radius 3 is 2.90 bits per heavy atom. The summed E-state index contributed by atoms with van der Waals surface area (Å²) in [6.07, 6.45) is 7.31. The van der Waals surface area contributed by atoms with Crippen molar-refractivity contribution in [3.63, 3.8) is 0 Å². The first kappa shape index (κ1) is 12.9. The first-order chi connectivity index (χ1) is 10.2. The zero-order chi connectivity index (χ0) is 14.4. The standard InChI is InChI=1S/C17H22N4/c1-10(14-7-11-2-3-12(14)6-11)21-17-15-8-13(18)4-5-16(15)19-9-20-17/h4-5,8-12,14H,2-3,6-7,18H2,1H3,(H,19,20,21).